The molecule has 2 aromatic carbocycles. The molecule has 1 aromatic heterocycles. The molecule has 1 aliphatic heterocycles. The number of halogens is 1. The number of rotatable bonds is 3. The first kappa shape index (κ1) is 18.1. The van der Waals surface area contributed by atoms with Gasteiger partial charge in [-0.1, -0.05) is 11.6 Å². The highest BCUT2D eigenvalue weighted by molar-refractivity contribution is 6.32. The van der Waals surface area contributed by atoms with Crippen LogP contribution in [0.3, 0.4) is 0 Å². The lowest BCUT2D eigenvalue weighted by Crippen LogP contribution is -2.25. The monoisotopic (exact) mass is 399 g/mol. The quantitative estimate of drug-likeness (QED) is 0.535. The fraction of sp³-hybridized carbons (Fsp3) is 0.150. The Morgan fingerprint density at radius 2 is 2.04 bits per heavy atom. The molecule has 0 atom stereocenters. The van der Waals surface area contributed by atoms with Crippen molar-refractivity contribution in [1.29, 1.82) is 0 Å². The number of hydrogen-bond acceptors (Lipinski definition) is 6. The van der Waals surface area contributed by atoms with Crippen LogP contribution in [0.5, 0.6) is 5.75 Å². The van der Waals surface area contributed by atoms with Gasteiger partial charge in [-0.2, -0.15) is 0 Å². The van der Waals surface area contributed by atoms with Crippen molar-refractivity contribution in [3.05, 3.63) is 68.5 Å². The molecule has 1 aliphatic rings. The van der Waals surface area contributed by atoms with Crippen molar-refractivity contribution in [2.75, 3.05) is 11.9 Å². The van der Waals surface area contributed by atoms with Gasteiger partial charge in [0.15, 0.2) is 6.61 Å². The van der Waals surface area contributed by atoms with E-state index in [1.165, 1.54) is 18.2 Å². The number of nitrogens with one attached hydrogen (secondary N) is 1. The minimum absolute atomic E-state index is 0.114. The second-order valence-electron chi connectivity index (χ2n) is 6.31. The minimum atomic E-state index is -0.595. The number of amides is 1. The Balaban J connectivity index is 1.58. The number of aryl methyl sites for hydroxylation is 1. The molecule has 142 valence electrons. The van der Waals surface area contributed by atoms with E-state index < -0.39 is 11.6 Å². The summed E-state index contributed by atoms with van der Waals surface area (Å²) in [5, 5.41) is 3.76. The van der Waals surface area contributed by atoms with Gasteiger partial charge in [-0.15, -0.1) is 0 Å². The molecule has 0 saturated carbocycles. The number of esters is 1. The summed E-state index contributed by atoms with van der Waals surface area (Å²) in [7, 11) is 0. The second kappa shape index (κ2) is 7.01. The largest absolute Gasteiger partial charge is 0.482 e. The first-order valence-electron chi connectivity index (χ1n) is 8.37. The van der Waals surface area contributed by atoms with Gasteiger partial charge in [0, 0.05) is 22.0 Å². The third-order valence-electron chi connectivity index (χ3n) is 4.32. The lowest BCUT2D eigenvalue weighted by Gasteiger charge is -2.18. The average molecular weight is 400 g/mol. The summed E-state index contributed by atoms with van der Waals surface area (Å²) in [6.07, 6.45) is 0. The van der Waals surface area contributed by atoms with Crippen molar-refractivity contribution in [2.45, 2.75) is 13.5 Å². The zero-order valence-corrected chi connectivity index (χ0v) is 15.5. The summed E-state index contributed by atoms with van der Waals surface area (Å²) in [5.41, 5.74) is 1.84. The van der Waals surface area contributed by atoms with Crippen LogP contribution < -0.4 is 15.7 Å². The maximum absolute atomic E-state index is 12.4. The number of anilines is 1. The number of carbonyl (C=O) groups is 2. The highest BCUT2D eigenvalue weighted by Gasteiger charge is 2.19. The van der Waals surface area contributed by atoms with Gasteiger partial charge < -0.3 is 19.2 Å². The van der Waals surface area contributed by atoms with E-state index >= 15 is 0 Å². The summed E-state index contributed by atoms with van der Waals surface area (Å²) >= 11 is 6.16. The van der Waals surface area contributed by atoms with Gasteiger partial charge in [-0.05, 0) is 42.8 Å². The lowest BCUT2D eigenvalue weighted by atomic mass is 10.1. The Morgan fingerprint density at radius 1 is 1.21 bits per heavy atom. The normalized spacial score (nSPS) is 12.9. The molecule has 7 nitrogen and oxygen atoms in total. The van der Waals surface area contributed by atoms with Crippen LogP contribution in [0.15, 0.2) is 45.6 Å². The van der Waals surface area contributed by atoms with Crippen molar-refractivity contribution in [3.8, 4) is 5.75 Å². The molecule has 8 heteroatoms. The Morgan fingerprint density at radius 3 is 2.86 bits per heavy atom. The number of fused-ring (bicyclic) bond motifs is 2. The molecular formula is C20H14ClNO6. The predicted molar refractivity (Wildman–Crippen MR) is 102 cm³/mol. The van der Waals surface area contributed by atoms with E-state index in [9.17, 15) is 14.4 Å². The third kappa shape index (κ3) is 3.44. The first-order valence-corrected chi connectivity index (χ1v) is 8.75. The van der Waals surface area contributed by atoms with Gasteiger partial charge >= 0.3 is 11.6 Å². The van der Waals surface area contributed by atoms with Crippen LogP contribution in [0.4, 0.5) is 5.69 Å². The lowest BCUT2D eigenvalue weighted by molar-refractivity contribution is -0.118. The highest BCUT2D eigenvalue weighted by Crippen LogP contribution is 2.29. The van der Waals surface area contributed by atoms with Crippen molar-refractivity contribution < 1.29 is 23.5 Å². The number of carbonyl (C=O) groups excluding carboxylic acids is 2. The molecule has 0 aliphatic carbocycles. The SMILES string of the molecule is Cc1cc2oc(=O)cc(COC(=O)c3ccc4c(c3)OCC(=O)N4)c2cc1Cl. The van der Waals surface area contributed by atoms with Crippen LogP contribution in [0.2, 0.25) is 5.02 Å². The highest BCUT2D eigenvalue weighted by atomic mass is 35.5. The smallest absolute Gasteiger partial charge is 0.338 e. The molecule has 0 radical (unpaired) electrons. The fourth-order valence-corrected chi connectivity index (χ4v) is 3.06. The Hall–Kier alpha value is -3.32. The standard InChI is InChI=1S/C20H14ClNO6/c1-10-4-16-13(7-14(10)21)12(6-19(24)28-16)8-27-20(25)11-2-3-15-17(5-11)26-9-18(23)22-15/h2-7H,8-9H2,1H3,(H,22,23). The summed E-state index contributed by atoms with van der Waals surface area (Å²) < 4.78 is 15.8. The van der Waals surface area contributed by atoms with E-state index in [0.29, 0.717) is 33.0 Å². The average Bonchev–Trinajstić information content (AvgIpc) is 2.66. The van der Waals surface area contributed by atoms with Crippen molar-refractivity contribution in [2.24, 2.45) is 0 Å². The van der Waals surface area contributed by atoms with Crippen molar-refractivity contribution >= 4 is 40.1 Å². The van der Waals surface area contributed by atoms with Crippen LogP contribution in [-0.2, 0) is 16.1 Å². The molecular weight excluding hydrogens is 386 g/mol. The van der Waals surface area contributed by atoms with Crippen LogP contribution in [0, 0.1) is 6.92 Å². The van der Waals surface area contributed by atoms with Crippen LogP contribution in [0.1, 0.15) is 21.5 Å². The summed E-state index contributed by atoms with van der Waals surface area (Å²) in [6.45, 7) is 1.56. The fourth-order valence-electron chi connectivity index (χ4n) is 2.90. The van der Waals surface area contributed by atoms with E-state index in [1.807, 2.05) is 0 Å². The maximum atomic E-state index is 12.4. The molecule has 28 heavy (non-hydrogen) atoms. The summed E-state index contributed by atoms with van der Waals surface area (Å²) in [4.78, 5) is 35.5. The third-order valence-corrected chi connectivity index (χ3v) is 4.73. The van der Waals surface area contributed by atoms with E-state index in [1.54, 1.807) is 25.1 Å². The molecule has 0 unspecified atom stereocenters. The van der Waals surface area contributed by atoms with Crippen molar-refractivity contribution in [3.63, 3.8) is 0 Å². The molecule has 2 heterocycles. The van der Waals surface area contributed by atoms with E-state index in [0.717, 1.165) is 5.56 Å². The molecule has 0 fully saturated rings. The van der Waals surface area contributed by atoms with Crippen molar-refractivity contribution in [1.82, 2.24) is 0 Å². The van der Waals surface area contributed by atoms with Gasteiger partial charge in [-0.25, -0.2) is 9.59 Å². The van der Waals surface area contributed by atoms with Crippen LogP contribution >= 0.6 is 11.6 Å². The second-order valence-corrected chi connectivity index (χ2v) is 6.72. The number of ether oxygens (including phenoxy) is 2. The van der Waals surface area contributed by atoms with Gasteiger partial charge in [0.05, 0.1) is 11.3 Å². The Bertz CT molecular complexity index is 1180. The van der Waals surface area contributed by atoms with Gasteiger partial charge in [0.1, 0.15) is 17.9 Å². The first-order chi connectivity index (χ1) is 13.4. The summed E-state index contributed by atoms with van der Waals surface area (Å²) in [6, 6.07) is 9.20. The maximum Gasteiger partial charge on any atom is 0.338 e. The van der Waals surface area contributed by atoms with Gasteiger partial charge in [0.2, 0.25) is 0 Å². The number of benzene rings is 2. The van der Waals surface area contributed by atoms with E-state index in [4.69, 9.17) is 25.5 Å². The molecule has 4 rings (SSSR count). The molecule has 1 amide bonds. The summed E-state index contributed by atoms with van der Waals surface area (Å²) in [5.74, 6) is -0.462. The molecule has 0 bridgehead atoms. The van der Waals surface area contributed by atoms with E-state index in [-0.39, 0.29) is 24.7 Å². The molecule has 0 saturated heterocycles. The molecule has 0 spiro atoms. The minimum Gasteiger partial charge on any atom is -0.482 e. The zero-order valence-electron chi connectivity index (χ0n) is 14.7. The number of hydrogen-bond donors (Lipinski definition) is 1. The van der Waals surface area contributed by atoms with Gasteiger partial charge in [-0.3, -0.25) is 4.79 Å². The van der Waals surface area contributed by atoms with Crippen LogP contribution in [-0.4, -0.2) is 18.5 Å². The Labute approximate surface area is 163 Å². The zero-order chi connectivity index (χ0) is 19.8. The molecule has 1 N–H and O–H groups in total. The van der Waals surface area contributed by atoms with Crippen LogP contribution in [0.25, 0.3) is 11.0 Å². The van der Waals surface area contributed by atoms with Gasteiger partial charge in [0.25, 0.3) is 5.91 Å². The molecule has 3 aromatic rings. The van der Waals surface area contributed by atoms with E-state index in [2.05, 4.69) is 5.32 Å². The topological polar surface area (TPSA) is 94.8 Å². The Kier molecular flexibility index (Phi) is 4.52. The predicted octanol–water partition coefficient (Wildman–Crippen LogP) is 3.44.